The maximum absolute atomic E-state index is 5.17. The third kappa shape index (κ3) is 2.84. The summed E-state index contributed by atoms with van der Waals surface area (Å²) in [7, 11) is 1.65. The number of hydrogen-bond acceptors (Lipinski definition) is 4. The number of ether oxygens (including phenoxy) is 1. The fourth-order valence-electron chi connectivity index (χ4n) is 2.63. The van der Waals surface area contributed by atoms with E-state index in [0.717, 1.165) is 33.6 Å². The number of pyridine rings is 1. The van der Waals surface area contributed by atoms with Crippen LogP contribution < -0.4 is 4.74 Å². The minimum Gasteiger partial charge on any atom is -0.497 e. The molecule has 0 aliphatic carbocycles. The van der Waals surface area contributed by atoms with E-state index in [0.29, 0.717) is 6.54 Å². The average molecular weight is 316 g/mol. The molecule has 0 saturated carbocycles. The molecule has 0 aliphatic heterocycles. The summed E-state index contributed by atoms with van der Waals surface area (Å²) in [5.74, 6) is 0.825. The Balaban J connectivity index is 1.57. The molecule has 4 aromatic rings. The summed E-state index contributed by atoms with van der Waals surface area (Å²) in [4.78, 5) is 4.67. The molecular weight excluding hydrogens is 300 g/mol. The Morgan fingerprint density at radius 1 is 0.958 bits per heavy atom. The molecule has 0 aliphatic rings. The van der Waals surface area contributed by atoms with Gasteiger partial charge in [0.05, 0.1) is 31.1 Å². The van der Waals surface area contributed by atoms with Crippen LogP contribution in [0.2, 0.25) is 0 Å². The summed E-state index contributed by atoms with van der Waals surface area (Å²) in [5, 5.41) is 9.59. The Kier molecular flexibility index (Phi) is 3.67. The highest BCUT2D eigenvalue weighted by molar-refractivity contribution is 5.78. The van der Waals surface area contributed by atoms with Crippen molar-refractivity contribution in [2.24, 2.45) is 0 Å². The minimum atomic E-state index is 0.591. The average Bonchev–Trinajstić information content (AvgIpc) is 3.10. The summed E-state index contributed by atoms with van der Waals surface area (Å²) in [5.41, 5.74) is 3.79. The Morgan fingerprint density at radius 3 is 2.62 bits per heavy atom. The molecule has 2 heterocycles. The maximum atomic E-state index is 5.17. The second-order valence-corrected chi connectivity index (χ2v) is 5.53. The van der Waals surface area contributed by atoms with E-state index >= 15 is 0 Å². The van der Waals surface area contributed by atoms with Crippen LogP contribution in [0.5, 0.6) is 5.75 Å². The van der Waals surface area contributed by atoms with Gasteiger partial charge in [-0.3, -0.25) is 4.98 Å². The van der Waals surface area contributed by atoms with Crippen molar-refractivity contribution in [1.82, 2.24) is 20.0 Å². The van der Waals surface area contributed by atoms with Gasteiger partial charge in [-0.2, -0.15) is 0 Å². The monoisotopic (exact) mass is 316 g/mol. The molecule has 2 aromatic carbocycles. The highest BCUT2D eigenvalue weighted by Crippen LogP contribution is 2.20. The van der Waals surface area contributed by atoms with Gasteiger partial charge in [0.15, 0.2) is 0 Å². The van der Waals surface area contributed by atoms with E-state index in [4.69, 9.17) is 4.74 Å². The zero-order valence-electron chi connectivity index (χ0n) is 13.3. The summed E-state index contributed by atoms with van der Waals surface area (Å²) < 4.78 is 6.98. The smallest absolute Gasteiger partial charge is 0.118 e. The molecule has 0 bridgehead atoms. The lowest BCUT2D eigenvalue weighted by Gasteiger charge is -2.02. The second-order valence-electron chi connectivity index (χ2n) is 5.53. The van der Waals surface area contributed by atoms with Crippen LogP contribution >= 0.6 is 0 Å². The van der Waals surface area contributed by atoms with Crippen molar-refractivity contribution in [3.63, 3.8) is 0 Å². The van der Waals surface area contributed by atoms with Crippen molar-refractivity contribution in [3.8, 4) is 17.0 Å². The fourth-order valence-corrected chi connectivity index (χ4v) is 2.63. The summed E-state index contributed by atoms with van der Waals surface area (Å²) >= 11 is 0. The van der Waals surface area contributed by atoms with Gasteiger partial charge in [-0.15, -0.1) is 5.10 Å². The van der Waals surface area contributed by atoms with Crippen LogP contribution in [0.1, 0.15) is 5.69 Å². The molecule has 0 amide bonds. The molecule has 0 unspecified atom stereocenters. The Bertz CT molecular complexity index is 976. The number of nitrogens with zero attached hydrogens (tertiary/aromatic N) is 4. The second kappa shape index (κ2) is 6.12. The van der Waals surface area contributed by atoms with Gasteiger partial charge in [0.25, 0.3) is 0 Å². The number of benzene rings is 2. The number of hydrogen-bond donors (Lipinski definition) is 0. The van der Waals surface area contributed by atoms with E-state index in [1.165, 1.54) is 0 Å². The molecule has 0 N–H and O–H groups in total. The number of rotatable bonds is 4. The summed E-state index contributed by atoms with van der Waals surface area (Å²) in [6.07, 6.45) is 1.93. The van der Waals surface area contributed by atoms with Crippen LogP contribution in [-0.4, -0.2) is 27.1 Å². The van der Waals surface area contributed by atoms with Crippen molar-refractivity contribution in [2.45, 2.75) is 6.54 Å². The lowest BCUT2D eigenvalue weighted by atomic mass is 10.1. The topological polar surface area (TPSA) is 52.8 Å². The van der Waals surface area contributed by atoms with Gasteiger partial charge in [-0.25, -0.2) is 4.68 Å². The van der Waals surface area contributed by atoms with Crippen LogP contribution in [0.15, 0.2) is 66.9 Å². The van der Waals surface area contributed by atoms with Crippen LogP contribution in [0, 0.1) is 0 Å². The summed E-state index contributed by atoms with van der Waals surface area (Å²) in [6.45, 7) is 0.591. The molecular formula is C19H16N4O. The van der Waals surface area contributed by atoms with Gasteiger partial charge in [-0.05, 0) is 36.4 Å². The largest absolute Gasteiger partial charge is 0.497 e. The third-order valence-corrected chi connectivity index (χ3v) is 3.90. The van der Waals surface area contributed by atoms with E-state index in [9.17, 15) is 0 Å². The molecule has 0 atom stereocenters. The van der Waals surface area contributed by atoms with Crippen LogP contribution in [-0.2, 0) is 6.54 Å². The molecule has 0 radical (unpaired) electrons. The first-order valence-corrected chi connectivity index (χ1v) is 7.71. The van der Waals surface area contributed by atoms with Gasteiger partial charge in [0.1, 0.15) is 11.4 Å². The summed E-state index contributed by atoms with van der Waals surface area (Å²) in [6, 6.07) is 20.0. The first kappa shape index (κ1) is 14.4. The zero-order chi connectivity index (χ0) is 16.4. The Hall–Kier alpha value is -3.21. The van der Waals surface area contributed by atoms with Crippen molar-refractivity contribution < 1.29 is 4.74 Å². The molecule has 0 fully saturated rings. The molecule has 24 heavy (non-hydrogen) atoms. The SMILES string of the molecule is COc1ccc(-c2cn(Cc3ccc4ccccc4n3)nn2)cc1. The van der Waals surface area contributed by atoms with Gasteiger partial charge < -0.3 is 4.74 Å². The molecule has 5 nitrogen and oxygen atoms in total. The first-order valence-electron chi connectivity index (χ1n) is 7.71. The molecule has 4 rings (SSSR count). The standard InChI is InChI=1S/C19H16N4O/c1-24-17-10-7-15(8-11-17)19-13-23(22-21-19)12-16-9-6-14-4-2-3-5-18(14)20-16/h2-11,13H,12H2,1H3. The van der Waals surface area contributed by atoms with E-state index < -0.39 is 0 Å². The molecule has 2 aromatic heterocycles. The number of aromatic nitrogens is 4. The fraction of sp³-hybridized carbons (Fsp3) is 0.105. The van der Waals surface area contributed by atoms with Crippen molar-refractivity contribution >= 4 is 10.9 Å². The predicted octanol–water partition coefficient (Wildman–Crippen LogP) is 3.55. The van der Waals surface area contributed by atoms with Gasteiger partial charge in [-0.1, -0.05) is 29.5 Å². The third-order valence-electron chi connectivity index (χ3n) is 3.90. The molecule has 0 spiro atoms. The first-order chi connectivity index (χ1) is 11.8. The van der Waals surface area contributed by atoms with Crippen LogP contribution in [0.25, 0.3) is 22.2 Å². The van der Waals surface area contributed by atoms with Gasteiger partial charge in [0.2, 0.25) is 0 Å². The predicted molar refractivity (Wildman–Crippen MR) is 92.9 cm³/mol. The number of methoxy groups -OCH3 is 1. The van der Waals surface area contributed by atoms with Crippen molar-refractivity contribution in [3.05, 3.63) is 72.6 Å². The van der Waals surface area contributed by atoms with Crippen LogP contribution in [0.4, 0.5) is 0 Å². The van der Waals surface area contributed by atoms with E-state index in [1.54, 1.807) is 11.8 Å². The normalized spacial score (nSPS) is 10.9. The highest BCUT2D eigenvalue weighted by Gasteiger charge is 2.06. The molecule has 0 saturated heterocycles. The molecule has 5 heteroatoms. The number of para-hydroxylation sites is 1. The Morgan fingerprint density at radius 2 is 1.79 bits per heavy atom. The van der Waals surface area contributed by atoms with Gasteiger partial charge >= 0.3 is 0 Å². The maximum Gasteiger partial charge on any atom is 0.118 e. The van der Waals surface area contributed by atoms with E-state index in [-0.39, 0.29) is 0 Å². The van der Waals surface area contributed by atoms with E-state index in [2.05, 4.69) is 27.4 Å². The van der Waals surface area contributed by atoms with E-state index in [1.807, 2.05) is 54.7 Å². The highest BCUT2D eigenvalue weighted by atomic mass is 16.5. The van der Waals surface area contributed by atoms with Gasteiger partial charge in [0, 0.05) is 10.9 Å². The molecule has 118 valence electrons. The lowest BCUT2D eigenvalue weighted by Crippen LogP contribution is -2.02. The number of fused-ring (bicyclic) bond motifs is 1. The van der Waals surface area contributed by atoms with Crippen molar-refractivity contribution in [1.29, 1.82) is 0 Å². The Labute approximate surface area is 139 Å². The van der Waals surface area contributed by atoms with Crippen LogP contribution in [0.3, 0.4) is 0 Å². The zero-order valence-corrected chi connectivity index (χ0v) is 13.3. The lowest BCUT2D eigenvalue weighted by molar-refractivity contribution is 0.415. The quantitative estimate of drug-likeness (QED) is 0.578. The minimum absolute atomic E-state index is 0.591. The van der Waals surface area contributed by atoms with Crippen molar-refractivity contribution in [2.75, 3.05) is 7.11 Å².